The normalized spacial score (nSPS) is 22.9. The van der Waals surface area contributed by atoms with E-state index in [0.29, 0.717) is 25.5 Å². The lowest BCUT2D eigenvalue weighted by Gasteiger charge is -2.31. The molecule has 5 nitrogen and oxygen atoms in total. The lowest BCUT2D eigenvalue weighted by atomic mass is 10.1. The van der Waals surface area contributed by atoms with E-state index in [1.54, 1.807) is 4.90 Å². The monoisotopic (exact) mass is 277 g/mol. The van der Waals surface area contributed by atoms with Crippen LogP contribution >= 0.6 is 0 Å². The third-order valence-electron chi connectivity index (χ3n) is 3.89. The van der Waals surface area contributed by atoms with Gasteiger partial charge in [-0.1, -0.05) is 0 Å². The standard InChI is InChI=1S/C15H19NO4/c1-9-7-10(2)20-14(9)15(18)16-5-6-19-12(8-16)13(17)11-3-4-11/h7,11-12H,3-6,8H2,1-2H3. The van der Waals surface area contributed by atoms with E-state index >= 15 is 0 Å². The highest BCUT2D eigenvalue weighted by molar-refractivity contribution is 5.94. The van der Waals surface area contributed by atoms with Crippen LogP contribution in [-0.4, -0.2) is 42.4 Å². The molecule has 2 fully saturated rings. The molecule has 1 aliphatic carbocycles. The van der Waals surface area contributed by atoms with Crippen molar-refractivity contribution in [1.82, 2.24) is 4.90 Å². The van der Waals surface area contributed by atoms with Gasteiger partial charge in [-0.2, -0.15) is 0 Å². The molecular weight excluding hydrogens is 258 g/mol. The van der Waals surface area contributed by atoms with E-state index in [1.807, 2.05) is 19.9 Å². The Morgan fingerprint density at radius 1 is 1.30 bits per heavy atom. The maximum atomic E-state index is 12.5. The van der Waals surface area contributed by atoms with E-state index in [1.165, 1.54) is 0 Å². The van der Waals surface area contributed by atoms with E-state index in [9.17, 15) is 9.59 Å². The topological polar surface area (TPSA) is 59.8 Å². The Morgan fingerprint density at radius 2 is 2.05 bits per heavy atom. The average Bonchev–Trinajstić information content (AvgIpc) is 3.23. The molecule has 1 aliphatic heterocycles. The van der Waals surface area contributed by atoms with E-state index < -0.39 is 6.10 Å². The highest BCUT2D eigenvalue weighted by Crippen LogP contribution is 2.32. The van der Waals surface area contributed by atoms with Gasteiger partial charge in [-0.15, -0.1) is 0 Å². The number of amides is 1. The number of morpholine rings is 1. The molecule has 1 saturated heterocycles. The summed E-state index contributed by atoms with van der Waals surface area (Å²) in [5.41, 5.74) is 0.837. The van der Waals surface area contributed by atoms with Gasteiger partial charge in [-0.3, -0.25) is 9.59 Å². The van der Waals surface area contributed by atoms with Crippen LogP contribution in [0.1, 0.15) is 34.7 Å². The molecule has 0 bridgehead atoms. The maximum absolute atomic E-state index is 12.5. The predicted octanol–water partition coefficient (Wildman–Crippen LogP) is 1.72. The second kappa shape index (κ2) is 5.05. The van der Waals surface area contributed by atoms with Gasteiger partial charge < -0.3 is 14.1 Å². The molecule has 2 heterocycles. The van der Waals surface area contributed by atoms with Crippen molar-refractivity contribution in [3.8, 4) is 0 Å². The smallest absolute Gasteiger partial charge is 0.290 e. The first-order valence-electron chi connectivity index (χ1n) is 7.08. The number of hydrogen-bond acceptors (Lipinski definition) is 4. The van der Waals surface area contributed by atoms with Crippen molar-refractivity contribution < 1.29 is 18.7 Å². The molecule has 0 aromatic carbocycles. The van der Waals surface area contributed by atoms with E-state index in [-0.39, 0.29) is 17.6 Å². The summed E-state index contributed by atoms with van der Waals surface area (Å²) in [7, 11) is 0. The summed E-state index contributed by atoms with van der Waals surface area (Å²) < 4.78 is 11.0. The van der Waals surface area contributed by atoms with E-state index in [2.05, 4.69) is 0 Å². The lowest BCUT2D eigenvalue weighted by molar-refractivity contribution is -0.136. The van der Waals surface area contributed by atoms with Crippen molar-refractivity contribution >= 4 is 11.7 Å². The minimum atomic E-state index is -0.462. The van der Waals surface area contributed by atoms with Crippen LogP contribution in [0.4, 0.5) is 0 Å². The summed E-state index contributed by atoms with van der Waals surface area (Å²) in [5, 5.41) is 0. The van der Waals surface area contributed by atoms with E-state index in [4.69, 9.17) is 9.15 Å². The van der Waals surface area contributed by atoms with Gasteiger partial charge in [0.2, 0.25) is 0 Å². The van der Waals surface area contributed by atoms with Crippen LogP contribution in [0.5, 0.6) is 0 Å². The van der Waals surface area contributed by atoms with Crippen LogP contribution in [0.3, 0.4) is 0 Å². The summed E-state index contributed by atoms with van der Waals surface area (Å²) in [6.45, 7) is 4.94. The fourth-order valence-electron chi connectivity index (χ4n) is 2.63. The highest BCUT2D eigenvalue weighted by atomic mass is 16.5. The van der Waals surface area contributed by atoms with Gasteiger partial charge in [-0.25, -0.2) is 0 Å². The second-order valence-corrected chi connectivity index (χ2v) is 5.66. The fourth-order valence-corrected chi connectivity index (χ4v) is 2.63. The van der Waals surface area contributed by atoms with Crippen molar-refractivity contribution in [3.63, 3.8) is 0 Å². The van der Waals surface area contributed by atoms with Crippen LogP contribution in [0.15, 0.2) is 10.5 Å². The van der Waals surface area contributed by atoms with Crippen molar-refractivity contribution in [2.75, 3.05) is 19.7 Å². The van der Waals surface area contributed by atoms with Crippen LogP contribution in [0, 0.1) is 19.8 Å². The number of carbonyl (C=O) groups is 2. The summed E-state index contributed by atoms with van der Waals surface area (Å²) in [6.07, 6.45) is 1.46. The maximum Gasteiger partial charge on any atom is 0.290 e. The molecule has 1 aromatic heterocycles. The number of hydrogen-bond donors (Lipinski definition) is 0. The van der Waals surface area contributed by atoms with Gasteiger partial charge in [0.1, 0.15) is 11.9 Å². The van der Waals surface area contributed by atoms with Crippen molar-refractivity contribution in [2.24, 2.45) is 5.92 Å². The van der Waals surface area contributed by atoms with Crippen LogP contribution in [0.25, 0.3) is 0 Å². The minimum absolute atomic E-state index is 0.146. The second-order valence-electron chi connectivity index (χ2n) is 5.66. The SMILES string of the molecule is Cc1cc(C)c(C(=O)N2CCOC(C(=O)C3CC3)C2)o1. The molecule has 1 unspecified atom stereocenters. The van der Waals surface area contributed by atoms with Gasteiger partial charge in [0, 0.05) is 18.0 Å². The number of Topliss-reactive ketones (excluding diaryl/α,β-unsaturated/α-hetero) is 1. The Balaban J connectivity index is 1.71. The van der Waals surface area contributed by atoms with Gasteiger partial charge in [0.15, 0.2) is 11.5 Å². The first-order valence-corrected chi connectivity index (χ1v) is 7.08. The molecule has 3 rings (SSSR count). The number of nitrogens with zero attached hydrogens (tertiary/aromatic N) is 1. The Bertz CT molecular complexity index is 544. The lowest BCUT2D eigenvalue weighted by Crippen LogP contribution is -2.49. The molecule has 0 radical (unpaired) electrons. The van der Waals surface area contributed by atoms with Crippen molar-refractivity contribution in [1.29, 1.82) is 0 Å². The molecule has 108 valence electrons. The number of rotatable bonds is 3. The molecule has 0 spiro atoms. The average molecular weight is 277 g/mol. The fraction of sp³-hybridized carbons (Fsp3) is 0.600. The Morgan fingerprint density at radius 3 is 2.65 bits per heavy atom. The van der Waals surface area contributed by atoms with Crippen LogP contribution in [0.2, 0.25) is 0 Å². The molecule has 1 atom stereocenters. The molecule has 1 aromatic rings. The predicted molar refractivity (Wildman–Crippen MR) is 71.6 cm³/mol. The summed E-state index contributed by atoms with van der Waals surface area (Å²) >= 11 is 0. The third kappa shape index (κ3) is 2.50. The minimum Gasteiger partial charge on any atom is -0.456 e. The number of ether oxygens (including phenoxy) is 1. The Kier molecular flexibility index (Phi) is 3.38. The molecule has 20 heavy (non-hydrogen) atoms. The summed E-state index contributed by atoms with van der Waals surface area (Å²) in [6, 6.07) is 1.85. The van der Waals surface area contributed by atoms with Crippen molar-refractivity contribution in [2.45, 2.75) is 32.8 Å². The third-order valence-corrected chi connectivity index (χ3v) is 3.89. The first-order chi connectivity index (χ1) is 9.56. The molecule has 1 amide bonds. The number of aryl methyl sites for hydroxylation is 2. The van der Waals surface area contributed by atoms with Gasteiger partial charge in [-0.05, 0) is 32.8 Å². The molecule has 1 saturated carbocycles. The summed E-state index contributed by atoms with van der Waals surface area (Å²) in [5.74, 6) is 1.26. The van der Waals surface area contributed by atoms with Gasteiger partial charge in [0.25, 0.3) is 5.91 Å². The number of carbonyl (C=O) groups excluding carboxylic acids is 2. The zero-order chi connectivity index (χ0) is 14.3. The Hall–Kier alpha value is -1.62. The van der Waals surface area contributed by atoms with Crippen LogP contribution in [-0.2, 0) is 9.53 Å². The molecular formula is C15H19NO4. The van der Waals surface area contributed by atoms with Crippen LogP contribution < -0.4 is 0 Å². The van der Waals surface area contributed by atoms with E-state index in [0.717, 1.165) is 24.2 Å². The molecule has 0 N–H and O–H groups in total. The number of ketones is 1. The number of furan rings is 1. The summed E-state index contributed by atoms with van der Waals surface area (Å²) in [4.78, 5) is 26.2. The molecule has 5 heteroatoms. The Labute approximate surface area is 117 Å². The van der Waals surface area contributed by atoms with Gasteiger partial charge in [0.05, 0.1) is 13.2 Å². The highest BCUT2D eigenvalue weighted by Gasteiger charge is 2.39. The quantitative estimate of drug-likeness (QED) is 0.844. The van der Waals surface area contributed by atoms with Gasteiger partial charge >= 0.3 is 0 Å². The largest absolute Gasteiger partial charge is 0.456 e. The first kappa shape index (κ1) is 13.4. The van der Waals surface area contributed by atoms with Crippen molar-refractivity contribution in [3.05, 3.63) is 23.2 Å². The zero-order valence-corrected chi connectivity index (χ0v) is 11.8. The zero-order valence-electron chi connectivity index (χ0n) is 11.8. The molecule has 2 aliphatic rings.